The van der Waals surface area contributed by atoms with Gasteiger partial charge in [0.15, 0.2) is 0 Å². The van der Waals surface area contributed by atoms with Crippen molar-refractivity contribution in [1.29, 1.82) is 0 Å². The second-order valence-electron chi connectivity index (χ2n) is 6.87. The van der Waals surface area contributed by atoms with Crippen LogP contribution in [0.2, 0.25) is 0 Å². The van der Waals surface area contributed by atoms with E-state index < -0.39 is 0 Å². The van der Waals surface area contributed by atoms with Crippen molar-refractivity contribution < 1.29 is 4.74 Å². The minimum Gasteiger partial charge on any atom is -0.381 e. The summed E-state index contributed by atoms with van der Waals surface area (Å²) in [6.45, 7) is 8.13. The number of pyridine rings is 1. The van der Waals surface area contributed by atoms with Crippen LogP contribution in [0.25, 0.3) is 0 Å². The first-order valence-corrected chi connectivity index (χ1v) is 8.31. The molecule has 0 bridgehead atoms. The van der Waals surface area contributed by atoms with Crippen LogP contribution >= 0.6 is 0 Å². The van der Waals surface area contributed by atoms with Gasteiger partial charge in [0, 0.05) is 64.4 Å². The summed E-state index contributed by atoms with van der Waals surface area (Å²) in [4.78, 5) is 9.59. The summed E-state index contributed by atoms with van der Waals surface area (Å²) in [7, 11) is 0. The summed E-state index contributed by atoms with van der Waals surface area (Å²) >= 11 is 0. The van der Waals surface area contributed by atoms with Crippen LogP contribution in [0, 0.1) is 11.8 Å². The van der Waals surface area contributed by atoms with Gasteiger partial charge in [-0.1, -0.05) is 6.07 Å². The second kappa shape index (κ2) is 6.03. The molecular formula is C17H25N3O. The molecule has 0 aromatic carbocycles. The molecule has 0 aliphatic carbocycles. The zero-order valence-corrected chi connectivity index (χ0v) is 12.7. The fraction of sp³-hybridized carbons (Fsp3) is 0.706. The molecule has 0 unspecified atom stereocenters. The molecule has 4 heterocycles. The minimum atomic E-state index is 0.788. The Hall–Kier alpha value is -0.970. The van der Waals surface area contributed by atoms with Gasteiger partial charge in [-0.05, 0) is 36.3 Å². The number of nitrogens with zero attached hydrogens (tertiary/aromatic N) is 3. The van der Waals surface area contributed by atoms with E-state index in [1.54, 1.807) is 0 Å². The highest BCUT2D eigenvalue weighted by molar-refractivity contribution is 5.09. The van der Waals surface area contributed by atoms with E-state index in [9.17, 15) is 0 Å². The van der Waals surface area contributed by atoms with Gasteiger partial charge in [-0.2, -0.15) is 0 Å². The molecule has 0 radical (unpaired) electrons. The van der Waals surface area contributed by atoms with Gasteiger partial charge in [-0.25, -0.2) is 0 Å². The highest BCUT2D eigenvalue weighted by Gasteiger charge is 2.41. The van der Waals surface area contributed by atoms with Gasteiger partial charge < -0.3 is 4.74 Å². The largest absolute Gasteiger partial charge is 0.381 e. The highest BCUT2D eigenvalue weighted by Crippen LogP contribution is 2.34. The smallest absolute Gasteiger partial charge is 0.0480 e. The zero-order chi connectivity index (χ0) is 14.1. The van der Waals surface area contributed by atoms with Gasteiger partial charge in [0.1, 0.15) is 0 Å². The van der Waals surface area contributed by atoms with Gasteiger partial charge in [-0.15, -0.1) is 0 Å². The molecule has 4 rings (SSSR count). The quantitative estimate of drug-likeness (QED) is 0.845. The Kier molecular flexibility index (Phi) is 3.93. The monoisotopic (exact) mass is 287 g/mol. The average Bonchev–Trinajstić information content (AvgIpc) is 3.07. The van der Waals surface area contributed by atoms with Crippen molar-refractivity contribution in [3.63, 3.8) is 0 Å². The Morgan fingerprint density at radius 1 is 1.10 bits per heavy atom. The first-order chi connectivity index (χ1) is 10.4. The predicted molar refractivity (Wildman–Crippen MR) is 81.9 cm³/mol. The molecule has 2 atom stereocenters. The number of fused-ring (bicyclic) bond motifs is 1. The average molecular weight is 287 g/mol. The molecule has 1 aromatic heterocycles. The summed E-state index contributed by atoms with van der Waals surface area (Å²) in [6, 6.07) is 5.02. The highest BCUT2D eigenvalue weighted by atomic mass is 16.5. The lowest BCUT2D eigenvalue weighted by atomic mass is 10.0. The van der Waals surface area contributed by atoms with Crippen LogP contribution in [0.15, 0.2) is 24.5 Å². The summed E-state index contributed by atoms with van der Waals surface area (Å²) in [5.41, 5.74) is 1.35. The molecule has 114 valence electrons. The molecule has 21 heavy (non-hydrogen) atoms. The standard InChI is InChI=1S/C17H25N3O/c1-2-14(8-18-5-1)9-19-10-15-12-20(13-16(15)11-19)17-3-6-21-7-4-17/h1-2,5,8,15-17H,3-4,6-7,9-13H2/t15-,16+. The van der Waals surface area contributed by atoms with Gasteiger partial charge in [-0.3, -0.25) is 14.8 Å². The maximum atomic E-state index is 5.50. The summed E-state index contributed by atoms with van der Waals surface area (Å²) < 4.78 is 5.50. The van der Waals surface area contributed by atoms with Crippen molar-refractivity contribution in [1.82, 2.24) is 14.8 Å². The number of hydrogen-bond donors (Lipinski definition) is 0. The first kappa shape index (κ1) is 13.7. The summed E-state index contributed by atoms with van der Waals surface area (Å²) in [5.74, 6) is 1.76. The topological polar surface area (TPSA) is 28.6 Å². The molecule has 4 heteroatoms. The van der Waals surface area contributed by atoms with E-state index in [0.717, 1.165) is 37.6 Å². The van der Waals surface area contributed by atoms with Crippen LogP contribution in [0.3, 0.4) is 0 Å². The fourth-order valence-electron chi connectivity index (χ4n) is 4.35. The Morgan fingerprint density at radius 2 is 1.86 bits per heavy atom. The molecule has 0 amide bonds. The van der Waals surface area contributed by atoms with E-state index in [4.69, 9.17) is 4.74 Å². The van der Waals surface area contributed by atoms with Gasteiger partial charge in [0.25, 0.3) is 0 Å². The van der Waals surface area contributed by atoms with Crippen molar-refractivity contribution >= 4 is 0 Å². The van der Waals surface area contributed by atoms with Crippen LogP contribution in [-0.2, 0) is 11.3 Å². The van der Waals surface area contributed by atoms with Crippen molar-refractivity contribution in [2.45, 2.75) is 25.4 Å². The lowest BCUT2D eigenvalue weighted by molar-refractivity contribution is 0.0384. The van der Waals surface area contributed by atoms with Crippen molar-refractivity contribution in [3.05, 3.63) is 30.1 Å². The number of aromatic nitrogens is 1. The molecule has 1 aromatic rings. The normalized spacial score (nSPS) is 31.6. The van der Waals surface area contributed by atoms with Crippen molar-refractivity contribution in [2.75, 3.05) is 39.4 Å². The predicted octanol–water partition coefficient (Wildman–Crippen LogP) is 1.62. The number of ether oxygens (including phenoxy) is 1. The fourth-order valence-corrected chi connectivity index (χ4v) is 4.35. The van der Waals surface area contributed by atoms with Crippen molar-refractivity contribution in [2.24, 2.45) is 11.8 Å². The first-order valence-electron chi connectivity index (χ1n) is 8.31. The lowest BCUT2D eigenvalue weighted by Crippen LogP contribution is -2.39. The lowest BCUT2D eigenvalue weighted by Gasteiger charge is -2.32. The molecule has 3 aliphatic heterocycles. The Morgan fingerprint density at radius 3 is 2.52 bits per heavy atom. The number of likely N-dealkylation sites (tertiary alicyclic amines) is 2. The maximum absolute atomic E-state index is 5.50. The van der Waals surface area contributed by atoms with E-state index in [2.05, 4.69) is 20.9 Å². The van der Waals surface area contributed by atoms with Crippen LogP contribution < -0.4 is 0 Å². The molecule has 4 nitrogen and oxygen atoms in total. The minimum absolute atomic E-state index is 0.788. The SMILES string of the molecule is c1cncc(CN2C[C@@H]3CN(C4CCOCC4)C[C@@H]3C2)c1. The third-order valence-corrected chi connectivity index (χ3v) is 5.43. The molecule has 3 aliphatic rings. The van der Waals surface area contributed by atoms with Crippen LogP contribution in [0.1, 0.15) is 18.4 Å². The van der Waals surface area contributed by atoms with E-state index in [-0.39, 0.29) is 0 Å². The molecular weight excluding hydrogens is 262 g/mol. The number of hydrogen-bond acceptors (Lipinski definition) is 4. The van der Waals surface area contributed by atoms with Gasteiger partial charge in [0.2, 0.25) is 0 Å². The third kappa shape index (κ3) is 2.98. The third-order valence-electron chi connectivity index (χ3n) is 5.43. The van der Waals surface area contributed by atoms with E-state index in [0.29, 0.717) is 0 Å². The molecule has 3 saturated heterocycles. The Labute approximate surface area is 127 Å². The molecule has 3 fully saturated rings. The second-order valence-corrected chi connectivity index (χ2v) is 6.87. The van der Waals surface area contributed by atoms with Crippen molar-refractivity contribution in [3.8, 4) is 0 Å². The van der Waals surface area contributed by atoms with Crippen LogP contribution in [-0.4, -0.2) is 60.2 Å². The van der Waals surface area contributed by atoms with E-state index >= 15 is 0 Å². The summed E-state index contributed by atoms with van der Waals surface area (Å²) in [6.07, 6.45) is 6.33. The Bertz CT molecular complexity index is 446. The van der Waals surface area contributed by atoms with Gasteiger partial charge in [0.05, 0.1) is 0 Å². The zero-order valence-electron chi connectivity index (χ0n) is 12.7. The molecule has 0 spiro atoms. The van der Waals surface area contributed by atoms with E-state index in [1.165, 1.54) is 44.6 Å². The van der Waals surface area contributed by atoms with Gasteiger partial charge >= 0.3 is 0 Å². The van der Waals surface area contributed by atoms with E-state index in [1.807, 2.05) is 18.5 Å². The maximum Gasteiger partial charge on any atom is 0.0480 e. The molecule has 0 N–H and O–H groups in total. The van der Waals surface area contributed by atoms with Crippen LogP contribution in [0.4, 0.5) is 0 Å². The van der Waals surface area contributed by atoms with Crippen LogP contribution in [0.5, 0.6) is 0 Å². The Balaban J connectivity index is 1.31. The molecule has 0 saturated carbocycles. The number of rotatable bonds is 3. The summed E-state index contributed by atoms with van der Waals surface area (Å²) in [5, 5.41) is 0.